The molecule has 1 saturated carbocycles. The van der Waals surface area contributed by atoms with Gasteiger partial charge in [-0.3, -0.25) is 14.5 Å². The predicted octanol–water partition coefficient (Wildman–Crippen LogP) is 2.47. The van der Waals surface area contributed by atoms with Gasteiger partial charge >= 0.3 is 5.97 Å². The number of fused-ring (bicyclic) bond motifs is 1. The summed E-state index contributed by atoms with van der Waals surface area (Å²) >= 11 is 0. The van der Waals surface area contributed by atoms with E-state index in [1.807, 2.05) is 35.2 Å². The smallest absolute Gasteiger partial charge is 0.320 e. The molecule has 3 rings (SSSR count). The lowest BCUT2D eigenvalue weighted by Crippen LogP contribution is -2.41. The van der Waals surface area contributed by atoms with Gasteiger partial charge in [0.25, 0.3) is 0 Å². The number of rotatable bonds is 3. The molecule has 3 unspecified atom stereocenters. The zero-order valence-corrected chi connectivity index (χ0v) is 12.1. The average Bonchev–Trinajstić information content (AvgIpc) is 2.73. The Morgan fingerprint density at radius 1 is 1.24 bits per heavy atom. The van der Waals surface area contributed by atoms with Gasteiger partial charge < -0.3 is 5.11 Å². The normalized spacial score (nSPS) is 29.9. The zero-order valence-electron chi connectivity index (χ0n) is 12.1. The van der Waals surface area contributed by atoms with E-state index in [0.29, 0.717) is 19.4 Å². The second kappa shape index (κ2) is 5.98. The first kappa shape index (κ1) is 14.3. The molecule has 1 aliphatic carbocycles. The highest BCUT2D eigenvalue weighted by atomic mass is 16.4. The van der Waals surface area contributed by atoms with E-state index in [1.165, 1.54) is 0 Å². The Morgan fingerprint density at radius 2 is 2.00 bits per heavy atom. The van der Waals surface area contributed by atoms with Gasteiger partial charge in [0.1, 0.15) is 11.8 Å². The predicted molar refractivity (Wildman–Crippen MR) is 78.8 cm³/mol. The SMILES string of the molecule is O=C1CCCCC2C1CC(C(=O)O)N2Cc1ccccc1. The summed E-state index contributed by atoms with van der Waals surface area (Å²) in [5.41, 5.74) is 1.11. The van der Waals surface area contributed by atoms with Crippen molar-refractivity contribution in [1.82, 2.24) is 4.90 Å². The molecule has 4 heteroatoms. The highest BCUT2D eigenvalue weighted by Crippen LogP contribution is 2.38. The molecule has 1 aromatic carbocycles. The molecule has 2 fully saturated rings. The third-order valence-electron chi connectivity index (χ3n) is 4.85. The van der Waals surface area contributed by atoms with Gasteiger partial charge in [-0.05, 0) is 24.8 Å². The van der Waals surface area contributed by atoms with Crippen LogP contribution in [0.15, 0.2) is 30.3 Å². The highest BCUT2D eigenvalue weighted by Gasteiger charge is 2.47. The van der Waals surface area contributed by atoms with Crippen LogP contribution in [-0.4, -0.2) is 33.8 Å². The van der Waals surface area contributed by atoms with Crippen molar-refractivity contribution >= 4 is 11.8 Å². The Morgan fingerprint density at radius 3 is 2.71 bits per heavy atom. The average molecular weight is 287 g/mol. The van der Waals surface area contributed by atoms with Crippen molar-refractivity contribution in [3.63, 3.8) is 0 Å². The van der Waals surface area contributed by atoms with Crippen LogP contribution in [-0.2, 0) is 16.1 Å². The van der Waals surface area contributed by atoms with E-state index in [0.717, 1.165) is 24.8 Å². The number of ketones is 1. The van der Waals surface area contributed by atoms with Crippen LogP contribution in [0.5, 0.6) is 0 Å². The minimum atomic E-state index is -0.799. The van der Waals surface area contributed by atoms with Gasteiger partial charge in [0.05, 0.1) is 0 Å². The first-order valence-electron chi connectivity index (χ1n) is 7.72. The summed E-state index contributed by atoms with van der Waals surface area (Å²) in [4.78, 5) is 25.9. The van der Waals surface area contributed by atoms with Crippen LogP contribution in [0.4, 0.5) is 0 Å². The Hall–Kier alpha value is -1.68. The number of aliphatic carboxylic acids is 1. The second-order valence-corrected chi connectivity index (χ2v) is 6.13. The van der Waals surface area contributed by atoms with Gasteiger partial charge in [-0.1, -0.05) is 36.8 Å². The van der Waals surface area contributed by atoms with Crippen LogP contribution in [0.25, 0.3) is 0 Å². The zero-order chi connectivity index (χ0) is 14.8. The molecule has 1 saturated heterocycles. The fourth-order valence-corrected chi connectivity index (χ4v) is 3.81. The first-order valence-corrected chi connectivity index (χ1v) is 7.72. The first-order chi connectivity index (χ1) is 10.2. The molecule has 0 amide bonds. The van der Waals surface area contributed by atoms with Gasteiger partial charge in [0.2, 0.25) is 0 Å². The number of carboxylic acid groups (broad SMARTS) is 1. The molecule has 21 heavy (non-hydrogen) atoms. The summed E-state index contributed by atoms with van der Waals surface area (Å²) < 4.78 is 0. The maximum atomic E-state index is 12.2. The summed E-state index contributed by atoms with van der Waals surface area (Å²) in [6.45, 7) is 0.617. The lowest BCUT2D eigenvalue weighted by atomic mass is 9.93. The van der Waals surface area contributed by atoms with Gasteiger partial charge in [-0.25, -0.2) is 0 Å². The van der Waals surface area contributed by atoms with Crippen molar-refractivity contribution in [2.24, 2.45) is 5.92 Å². The van der Waals surface area contributed by atoms with Gasteiger partial charge in [-0.2, -0.15) is 0 Å². The van der Waals surface area contributed by atoms with Crippen LogP contribution in [0, 0.1) is 5.92 Å². The Bertz CT molecular complexity index is 528. The van der Waals surface area contributed by atoms with E-state index < -0.39 is 12.0 Å². The fraction of sp³-hybridized carbons (Fsp3) is 0.529. The monoisotopic (exact) mass is 287 g/mol. The summed E-state index contributed by atoms with van der Waals surface area (Å²) in [6.07, 6.45) is 4.00. The summed E-state index contributed by atoms with van der Waals surface area (Å²) in [5, 5.41) is 9.51. The molecule has 4 nitrogen and oxygen atoms in total. The minimum Gasteiger partial charge on any atom is -0.480 e. The molecule has 1 N–H and O–H groups in total. The summed E-state index contributed by atoms with van der Waals surface area (Å²) in [7, 11) is 0. The molecule has 1 aromatic rings. The number of carboxylic acids is 1. The number of carbonyl (C=O) groups excluding carboxylic acids is 1. The third-order valence-corrected chi connectivity index (χ3v) is 4.85. The number of hydrogen-bond donors (Lipinski definition) is 1. The molecule has 2 aliphatic rings. The summed E-state index contributed by atoms with van der Waals surface area (Å²) in [5.74, 6) is -0.622. The highest BCUT2D eigenvalue weighted by molar-refractivity contribution is 5.84. The van der Waals surface area contributed by atoms with E-state index in [2.05, 4.69) is 0 Å². The van der Waals surface area contributed by atoms with Crippen molar-refractivity contribution in [2.45, 2.75) is 50.7 Å². The number of hydrogen-bond acceptors (Lipinski definition) is 3. The van der Waals surface area contributed by atoms with Crippen molar-refractivity contribution in [3.8, 4) is 0 Å². The van der Waals surface area contributed by atoms with Crippen LogP contribution < -0.4 is 0 Å². The molecular formula is C17H21NO3. The van der Waals surface area contributed by atoms with Gasteiger partial charge in [0.15, 0.2) is 0 Å². The minimum absolute atomic E-state index is 0.0858. The second-order valence-electron chi connectivity index (χ2n) is 6.13. The van der Waals surface area contributed by atoms with Crippen molar-refractivity contribution < 1.29 is 14.7 Å². The Kier molecular flexibility index (Phi) is 4.06. The maximum absolute atomic E-state index is 12.2. The lowest BCUT2D eigenvalue weighted by molar-refractivity contribution is -0.142. The van der Waals surface area contributed by atoms with Crippen LogP contribution in [0.3, 0.4) is 0 Å². The van der Waals surface area contributed by atoms with E-state index in [9.17, 15) is 14.7 Å². The Balaban J connectivity index is 1.86. The van der Waals surface area contributed by atoms with Crippen LogP contribution in [0.2, 0.25) is 0 Å². The molecule has 3 atom stereocenters. The number of carbonyl (C=O) groups is 2. The molecule has 0 bridgehead atoms. The van der Waals surface area contributed by atoms with Gasteiger partial charge in [0, 0.05) is 24.9 Å². The van der Waals surface area contributed by atoms with Gasteiger partial charge in [-0.15, -0.1) is 0 Å². The summed E-state index contributed by atoms with van der Waals surface area (Å²) in [6, 6.07) is 9.51. The molecule has 1 heterocycles. The van der Waals surface area contributed by atoms with E-state index in [-0.39, 0.29) is 17.7 Å². The molecule has 1 aliphatic heterocycles. The topological polar surface area (TPSA) is 57.6 Å². The van der Waals surface area contributed by atoms with Crippen molar-refractivity contribution in [1.29, 1.82) is 0 Å². The van der Waals surface area contributed by atoms with Crippen LogP contribution in [0.1, 0.15) is 37.7 Å². The number of likely N-dealkylation sites (tertiary alicyclic amines) is 1. The quantitative estimate of drug-likeness (QED) is 0.928. The largest absolute Gasteiger partial charge is 0.480 e. The Labute approximate surface area is 124 Å². The third kappa shape index (κ3) is 2.86. The van der Waals surface area contributed by atoms with E-state index >= 15 is 0 Å². The number of benzene rings is 1. The lowest BCUT2D eigenvalue weighted by Gasteiger charge is -2.29. The van der Waals surface area contributed by atoms with E-state index in [4.69, 9.17) is 0 Å². The molecule has 0 spiro atoms. The van der Waals surface area contributed by atoms with E-state index in [1.54, 1.807) is 0 Å². The fourth-order valence-electron chi connectivity index (χ4n) is 3.81. The molecule has 112 valence electrons. The molecule has 0 radical (unpaired) electrons. The number of nitrogens with zero attached hydrogens (tertiary/aromatic N) is 1. The number of Topliss-reactive ketones (excluding diaryl/α,β-unsaturated/α-hetero) is 1. The maximum Gasteiger partial charge on any atom is 0.320 e. The molecular weight excluding hydrogens is 266 g/mol. The van der Waals surface area contributed by atoms with Crippen molar-refractivity contribution in [3.05, 3.63) is 35.9 Å². The molecule has 0 aromatic heterocycles. The standard InChI is InChI=1S/C17H21NO3/c19-16-9-5-4-8-14-13(16)10-15(17(20)21)18(14)11-12-6-2-1-3-7-12/h1-3,6-7,13-15H,4-5,8-11H2,(H,20,21). The van der Waals surface area contributed by atoms with Crippen LogP contribution >= 0.6 is 0 Å². The van der Waals surface area contributed by atoms with Crippen molar-refractivity contribution in [2.75, 3.05) is 0 Å².